The Kier molecular flexibility index (Phi) is 4.72. The Bertz CT molecular complexity index is 835. The number of pyridine rings is 1. The van der Waals surface area contributed by atoms with Crippen LogP contribution in [0.25, 0.3) is 0 Å². The number of amides is 1. The average Bonchev–Trinajstić information content (AvgIpc) is 2.63. The van der Waals surface area contributed by atoms with Gasteiger partial charge in [-0.25, -0.2) is 0 Å². The first-order chi connectivity index (χ1) is 11.8. The van der Waals surface area contributed by atoms with Gasteiger partial charge in [0, 0.05) is 24.1 Å². The summed E-state index contributed by atoms with van der Waals surface area (Å²) in [5.41, 5.74) is 1.11. The number of aromatic nitrogens is 1. The maximum atomic E-state index is 12.4. The maximum Gasteiger partial charge on any atom is 0.259 e. The summed E-state index contributed by atoms with van der Waals surface area (Å²) < 4.78 is 11.0. The van der Waals surface area contributed by atoms with Crippen LogP contribution >= 0.6 is 0 Å². The third-order valence-corrected chi connectivity index (χ3v) is 3.33. The van der Waals surface area contributed by atoms with Gasteiger partial charge in [0.2, 0.25) is 0 Å². The molecule has 1 amide bonds. The lowest BCUT2D eigenvalue weighted by molar-refractivity contribution is 0.102. The molecule has 0 saturated carbocycles. The summed E-state index contributed by atoms with van der Waals surface area (Å²) in [7, 11) is 1.54. The van der Waals surface area contributed by atoms with E-state index < -0.39 is 0 Å². The van der Waals surface area contributed by atoms with Gasteiger partial charge in [-0.1, -0.05) is 18.2 Å². The minimum Gasteiger partial charge on any atom is -0.496 e. The summed E-state index contributed by atoms with van der Waals surface area (Å²) in [5, 5.41) is 2.85. The third-order valence-electron chi connectivity index (χ3n) is 3.33. The number of anilines is 1. The standard InChI is InChI=1S/C19H16N2O3/c1-23-18-8-3-2-7-17(18)19(22)21-14-5-4-6-16(13-14)24-15-9-11-20-12-10-15/h2-13H,1H3,(H,21,22). The normalized spacial score (nSPS) is 10.0. The van der Waals surface area contributed by atoms with Crippen molar-refractivity contribution in [1.29, 1.82) is 0 Å². The highest BCUT2D eigenvalue weighted by Gasteiger charge is 2.11. The zero-order valence-corrected chi connectivity index (χ0v) is 13.1. The number of benzene rings is 2. The zero-order chi connectivity index (χ0) is 16.8. The molecule has 1 heterocycles. The van der Waals surface area contributed by atoms with Crippen molar-refractivity contribution in [3.63, 3.8) is 0 Å². The van der Waals surface area contributed by atoms with Gasteiger partial charge in [-0.15, -0.1) is 0 Å². The largest absolute Gasteiger partial charge is 0.496 e. The highest BCUT2D eigenvalue weighted by Crippen LogP contribution is 2.25. The molecule has 1 aromatic heterocycles. The van der Waals surface area contributed by atoms with E-state index in [4.69, 9.17) is 9.47 Å². The number of rotatable bonds is 5. The van der Waals surface area contributed by atoms with Gasteiger partial charge >= 0.3 is 0 Å². The predicted octanol–water partition coefficient (Wildman–Crippen LogP) is 4.13. The summed E-state index contributed by atoms with van der Waals surface area (Å²) in [6.45, 7) is 0. The number of methoxy groups -OCH3 is 1. The first kappa shape index (κ1) is 15.6. The Hall–Kier alpha value is -3.34. The highest BCUT2D eigenvalue weighted by atomic mass is 16.5. The predicted molar refractivity (Wildman–Crippen MR) is 91.7 cm³/mol. The van der Waals surface area contributed by atoms with Crippen molar-refractivity contribution < 1.29 is 14.3 Å². The van der Waals surface area contributed by atoms with Crippen LogP contribution in [0.3, 0.4) is 0 Å². The van der Waals surface area contributed by atoms with Gasteiger partial charge in [-0.2, -0.15) is 0 Å². The van der Waals surface area contributed by atoms with Crippen LogP contribution in [0, 0.1) is 0 Å². The molecule has 5 heteroatoms. The molecular weight excluding hydrogens is 304 g/mol. The number of hydrogen-bond acceptors (Lipinski definition) is 4. The number of para-hydroxylation sites is 1. The van der Waals surface area contributed by atoms with Crippen LogP contribution in [0.1, 0.15) is 10.4 Å². The summed E-state index contributed by atoms with van der Waals surface area (Å²) in [6.07, 6.45) is 3.31. The molecule has 2 aromatic carbocycles. The first-order valence-corrected chi connectivity index (χ1v) is 7.38. The topological polar surface area (TPSA) is 60.5 Å². The molecule has 0 fully saturated rings. The number of nitrogens with one attached hydrogen (secondary N) is 1. The molecule has 0 radical (unpaired) electrons. The Morgan fingerprint density at radius 2 is 1.75 bits per heavy atom. The number of nitrogens with zero attached hydrogens (tertiary/aromatic N) is 1. The van der Waals surface area contributed by atoms with E-state index in [1.54, 1.807) is 54.9 Å². The van der Waals surface area contributed by atoms with Gasteiger partial charge < -0.3 is 14.8 Å². The van der Waals surface area contributed by atoms with Crippen LogP contribution in [0.4, 0.5) is 5.69 Å². The van der Waals surface area contributed by atoms with E-state index in [2.05, 4.69) is 10.3 Å². The number of carbonyl (C=O) groups is 1. The second-order valence-electron chi connectivity index (χ2n) is 4.97. The Labute approximate surface area is 139 Å². The molecule has 1 N–H and O–H groups in total. The summed E-state index contributed by atoms with van der Waals surface area (Å²) >= 11 is 0. The van der Waals surface area contributed by atoms with E-state index in [1.807, 2.05) is 18.2 Å². The Balaban J connectivity index is 1.76. The summed E-state index contributed by atoms with van der Waals surface area (Å²) in [5.74, 6) is 1.59. The Morgan fingerprint density at radius 3 is 2.54 bits per heavy atom. The SMILES string of the molecule is COc1ccccc1C(=O)Nc1cccc(Oc2ccncc2)c1. The quantitative estimate of drug-likeness (QED) is 0.767. The van der Waals surface area contributed by atoms with Crippen molar-refractivity contribution in [3.05, 3.63) is 78.6 Å². The molecule has 0 saturated heterocycles. The van der Waals surface area contributed by atoms with Gasteiger partial charge in [0.05, 0.1) is 12.7 Å². The molecule has 0 aliphatic carbocycles. The van der Waals surface area contributed by atoms with Gasteiger partial charge in [-0.05, 0) is 36.4 Å². The zero-order valence-electron chi connectivity index (χ0n) is 13.1. The number of ether oxygens (including phenoxy) is 2. The van der Waals surface area contributed by atoms with Crippen molar-refractivity contribution in [2.75, 3.05) is 12.4 Å². The Morgan fingerprint density at radius 1 is 0.958 bits per heavy atom. The van der Waals surface area contributed by atoms with Crippen molar-refractivity contribution in [2.24, 2.45) is 0 Å². The molecule has 120 valence electrons. The van der Waals surface area contributed by atoms with E-state index in [-0.39, 0.29) is 5.91 Å². The number of hydrogen-bond donors (Lipinski definition) is 1. The van der Waals surface area contributed by atoms with E-state index in [0.717, 1.165) is 0 Å². The molecular formula is C19H16N2O3. The molecule has 0 bridgehead atoms. The smallest absolute Gasteiger partial charge is 0.259 e. The molecule has 3 aromatic rings. The second kappa shape index (κ2) is 7.28. The molecule has 3 rings (SSSR count). The van der Waals surface area contributed by atoms with E-state index in [0.29, 0.717) is 28.5 Å². The molecule has 0 atom stereocenters. The lowest BCUT2D eigenvalue weighted by Gasteiger charge is -2.10. The van der Waals surface area contributed by atoms with E-state index >= 15 is 0 Å². The molecule has 0 unspecified atom stereocenters. The fourth-order valence-corrected chi connectivity index (χ4v) is 2.21. The summed E-state index contributed by atoms with van der Waals surface area (Å²) in [6, 6.07) is 17.8. The molecule has 0 aliphatic heterocycles. The average molecular weight is 320 g/mol. The molecule has 5 nitrogen and oxygen atoms in total. The molecule has 0 aliphatic rings. The van der Waals surface area contributed by atoms with Crippen molar-refractivity contribution >= 4 is 11.6 Å². The van der Waals surface area contributed by atoms with Gasteiger partial charge in [-0.3, -0.25) is 9.78 Å². The van der Waals surface area contributed by atoms with Crippen LogP contribution in [0.5, 0.6) is 17.2 Å². The molecule has 24 heavy (non-hydrogen) atoms. The lowest BCUT2D eigenvalue weighted by Crippen LogP contribution is -2.13. The fraction of sp³-hybridized carbons (Fsp3) is 0.0526. The van der Waals surface area contributed by atoms with Gasteiger partial charge in [0.15, 0.2) is 0 Å². The van der Waals surface area contributed by atoms with Crippen LogP contribution < -0.4 is 14.8 Å². The van der Waals surface area contributed by atoms with Gasteiger partial charge in [0.1, 0.15) is 17.2 Å². The van der Waals surface area contributed by atoms with Crippen LogP contribution in [-0.2, 0) is 0 Å². The van der Waals surface area contributed by atoms with E-state index in [9.17, 15) is 4.79 Å². The lowest BCUT2D eigenvalue weighted by atomic mass is 10.2. The second-order valence-corrected chi connectivity index (χ2v) is 4.97. The van der Waals surface area contributed by atoms with E-state index in [1.165, 1.54) is 7.11 Å². The fourth-order valence-electron chi connectivity index (χ4n) is 2.21. The van der Waals surface area contributed by atoms with Crippen molar-refractivity contribution in [3.8, 4) is 17.2 Å². The maximum absolute atomic E-state index is 12.4. The minimum atomic E-state index is -0.242. The monoisotopic (exact) mass is 320 g/mol. The van der Waals surface area contributed by atoms with Gasteiger partial charge in [0.25, 0.3) is 5.91 Å². The van der Waals surface area contributed by atoms with Crippen molar-refractivity contribution in [1.82, 2.24) is 4.98 Å². The minimum absolute atomic E-state index is 0.242. The molecule has 0 spiro atoms. The van der Waals surface area contributed by atoms with Crippen molar-refractivity contribution in [2.45, 2.75) is 0 Å². The highest BCUT2D eigenvalue weighted by molar-refractivity contribution is 6.06. The van der Waals surface area contributed by atoms with Crippen LogP contribution in [-0.4, -0.2) is 18.0 Å². The third kappa shape index (κ3) is 3.70. The first-order valence-electron chi connectivity index (χ1n) is 7.38. The van der Waals surface area contributed by atoms with Crippen LogP contribution in [0.2, 0.25) is 0 Å². The number of carbonyl (C=O) groups excluding carboxylic acids is 1. The summed E-state index contributed by atoms with van der Waals surface area (Å²) in [4.78, 5) is 16.4. The van der Waals surface area contributed by atoms with Crippen LogP contribution in [0.15, 0.2) is 73.1 Å².